The van der Waals surface area contributed by atoms with Crippen molar-refractivity contribution >= 4 is 17.3 Å². The van der Waals surface area contributed by atoms with Gasteiger partial charge in [-0.2, -0.15) is 0 Å². The number of rotatable bonds is 3. The number of nitrogens with two attached hydrogens (primary N) is 1. The highest BCUT2D eigenvalue weighted by atomic mass is 19.1. The van der Waals surface area contributed by atoms with E-state index in [0.29, 0.717) is 5.69 Å². The van der Waals surface area contributed by atoms with Crippen molar-refractivity contribution in [3.63, 3.8) is 0 Å². The van der Waals surface area contributed by atoms with Gasteiger partial charge in [0, 0.05) is 19.2 Å². The monoisotopic (exact) mass is 268 g/mol. The summed E-state index contributed by atoms with van der Waals surface area (Å²) < 4.78 is 13.7. The molecule has 1 aromatic carbocycles. The first kappa shape index (κ1) is 15.3. The fourth-order valence-corrected chi connectivity index (χ4v) is 1.84. The molecule has 0 radical (unpaired) electrons. The largest absolute Gasteiger partial charge is 0.478 e. The van der Waals surface area contributed by atoms with Crippen LogP contribution in [0.25, 0.3) is 0 Å². The van der Waals surface area contributed by atoms with Crippen molar-refractivity contribution in [2.45, 2.75) is 33.7 Å². The number of anilines is 2. The molecular weight excluding hydrogens is 247 g/mol. The van der Waals surface area contributed by atoms with Gasteiger partial charge in [0.2, 0.25) is 0 Å². The quantitative estimate of drug-likeness (QED) is 0.827. The Kier molecular flexibility index (Phi) is 4.08. The molecule has 0 aromatic heterocycles. The van der Waals surface area contributed by atoms with Gasteiger partial charge in [-0.15, -0.1) is 0 Å². The zero-order valence-corrected chi connectivity index (χ0v) is 12.0. The summed E-state index contributed by atoms with van der Waals surface area (Å²) >= 11 is 0. The van der Waals surface area contributed by atoms with Crippen LogP contribution in [0.1, 0.15) is 38.1 Å². The van der Waals surface area contributed by atoms with E-state index in [2.05, 4.69) is 20.8 Å². The average molecular weight is 268 g/mol. The standard InChI is InChI=1S/C14H21FN2O2/c1-8(14(2,3)4)17(5)12-7-10(15)9(13(18)19)6-11(12)16/h6-8H,16H2,1-5H3,(H,18,19). The number of nitrogen functional groups attached to an aromatic ring is 1. The van der Waals surface area contributed by atoms with Gasteiger partial charge in [0.15, 0.2) is 0 Å². The molecule has 106 valence electrons. The molecular formula is C14H21FN2O2. The lowest BCUT2D eigenvalue weighted by Crippen LogP contribution is -2.39. The lowest BCUT2D eigenvalue weighted by atomic mass is 9.87. The second-order valence-electron chi connectivity index (χ2n) is 5.85. The second kappa shape index (κ2) is 5.07. The van der Waals surface area contributed by atoms with Crippen LogP contribution >= 0.6 is 0 Å². The first-order valence-electron chi connectivity index (χ1n) is 6.11. The van der Waals surface area contributed by atoms with E-state index in [0.717, 1.165) is 0 Å². The van der Waals surface area contributed by atoms with Gasteiger partial charge < -0.3 is 15.7 Å². The molecule has 1 aromatic rings. The molecule has 0 heterocycles. The van der Waals surface area contributed by atoms with Crippen LogP contribution in [-0.2, 0) is 0 Å². The number of carboxylic acid groups (broad SMARTS) is 1. The van der Waals surface area contributed by atoms with E-state index < -0.39 is 17.3 Å². The molecule has 0 bridgehead atoms. The summed E-state index contributed by atoms with van der Waals surface area (Å²) in [6, 6.07) is 2.46. The summed E-state index contributed by atoms with van der Waals surface area (Å²) in [5, 5.41) is 8.85. The molecule has 5 heteroatoms. The number of halogens is 1. The molecule has 0 aliphatic heterocycles. The van der Waals surface area contributed by atoms with Gasteiger partial charge in [-0.3, -0.25) is 0 Å². The van der Waals surface area contributed by atoms with Crippen LogP contribution in [0.3, 0.4) is 0 Å². The minimum atomic E-state index is -1.32. The van der Waals surface area contributed by atoms with E-state index in [9.17, 15) is 9.18 Å². The van der Waals surface area contributed by atoms with Gasteiger partial charge in [0.05, 0.1) is 16.9 Å². The average Bonchev–Trinajstić information content (AvgIpc) is 2.28. The minimum absolute atomic E-state index is 0.0108. The zero-order valence-electron chi connectivity index (χ0n) is 12.0. The summed E-state index contributed by atoms with van der Waals surface area (Å²) in [5.74, 6) is -2.09. The summed E-state index contributed by atoms with van der Waals surface area (Å²) in [6.07, 6.45) is 0. The minimum Gasteiger partial charge on any atom is -0.478 e. The Labute approximate surface area is 113 Å². The van der Waals surface area contributed by atoms with Crippen molar-refractivity contribution in [1.82, 2.24) is 0 Å². The second-order valence-corrected chi connectivity index (χ2v) is 5.85. The molecule has 0 spiro atoms. The Morgan fingerprint density at radius 2 is 1.95 bits per heavy atom. The van der Waals surface area contributed by atoms with Crippen LogP contribution in [0.15, 0.2) is 12.1 Å². The highest BCUT2D eigenvalue weighted by molar-refractivity contribution is 5.91. The lowest BCUT2D eigenvalue weighted by molar-refractivity contribution is 0.0692. The van der Waals surface area contributed by atoms with Gasteiger partial charge in [-0.1, -0.05) is 20.8 Å². The molecule has 4 nitrogen and oxygen atoms in total. The summed E-state index contributed by atoms with van der Waals surface area (Å²) in [7, 11) is 1.82. The Morgan fingerprint density at radius 3 is 2.37 bits per heavy atom. The Balaban J connectivity index is 3.22. The Hall–Kier alpha value is -1.78. The van der Waals surface area contributed by atoms with Gasteiger partial charge in [0.1, 0.15) is 5.82 Å². The molecule has 3 N–H and O–H groups in total. The molecule has 0 aliphatic carbocycles. The molecule has 0 aliphatic rings. The normalized spacial score (nSPS) is 13.2. The molecule has 1 rings (SSSR count). The fraction of sp³-hybridized carbons (Fsp3) is 0.500. The van der Waals surface area contributed by atoms with E-state index in [1.165, 1.54) is 12.1 Å². The smallest absolute Gasteiger partial charge is 0.338 e. The number of hydrogen-bond acceptors (Lipinski definition) is 3. The highest BCUT2D eigenvalue weighted by Crippen LogP contribution is 2.32. The topological polar surface area (TPSA) is 66.6 Å². The fourth-order valence-electron chi connectivity index (χ4n) is 1.84. The van der Waals surface area contributed by atoms with E-state index in [4.69, 9.17) is 10.8 Å². The van der Waals surface area contributed by atoms with Crippen molar-refractivity contribution in [3.8, 4) is 0 Å². The molecule has 0 saturated heterocycles. The van der Waals surface area contributed by atoms with Crippen LogP contribution in [-0.4, -0.2) is 24.2 Å². The maximum Gasteiger partial charge on any atom is 0.338 e. The predicted molar refractivity (Wildman–Crippen MR) is 75.1 cm³/mol. The molecule has 19 heavy (non-hydrogen) atoms. The number of carboxylic acids is 1. The van der Waals surface area contributed by atoms with Crippen LogP contribution < -0.4 is 10.6 Å². The number of hydrogen-bond donors (Lipinski definition) is 2. The number of benzene rings is 1. The van der Waals surface area contributed by atoms with E-state index in [-0.39, 0.29) is 17.1 Å². The van der Waals surface area contributed by atoms with Crippen molar-refractivity contribution in [3.05, 3.63) is 23.5 Å². The van der Waals surface area contributed by atoms with Crippen molar-refractivity contribution in [2.24, 2.45) is 5.41 Å². The van der Waals surface area contributed by atoms with E-state index in [1.54, 1.807) is 0 Å². The first-order valence-corrected chi connectivity index (χ1v) is 6.11. The molecule has 0 saturated carbocycles. The first-order chi connectivity index (χ1) is 8.55. The van der Waals surface area contributed by atoms with Gasteiger partial charge in [0.25, 0.3) is 0 Å². The number of nitrogens with zero attached hydrogens (tertiary/aromatic N) is 1. The van der Waals surface area contributed by atoms with E-state index in [1.807, 2.05) is 18.9 Å². The molecule has 0 amide bonds. The van der Waals surface area contributed by atoms with Crippen molar-refractivity contribution in [1.29, 1.82) is 0 Å². The van der Waals surface area contributed by atoms with Crippen LogP contribution in [0.5, 0.6) is 0 Å². The number of carbonyl (C=O) groups is 1. The van der Waals surface area contributed by atoms with Crippen LogP contribution in [0.4, 0.5) is 15.8 Å². The van der Waals surface area contributed by atoms with Gasteiger partial charge in [-0.25, -0.2) is 9.18 Å². The van der Waals surface area contributed by atoms with Crippen LogP contribution in [0, 0.1) is 11.2 Å². The van der Waals surface area contributed by atoms with Gasteiger partial charge in [-0.05, 0) is 18.4 Å². The lowest BCUT2D eigenvalue weighted by Gasteiger charge is -2.37. The van der Waals surface area contributed by atoms with Crippen molar-refractivity contribution in [2.75, 3.05) is 17.7 Å². The van der Waals surface area contributed by atoms with Gasteiger partial charge >= 0.3 is 5.97 Å². The third kappa shape index (κ3) is 3.16. The summed E-state index contributed by atoms with van der Waals surface area (Å²) in [6.45, 7) is 8.24. The Bertz CT molecular complexity index is 495. The third-order valence-electron chi connectivity index (χ3n) is 3.56. The highest BCUT2D eigenvalue weighted by Gasteiger charge is 2.26. The molecule has 1 unspecified atom stereocenters. The maximum absolute atomic E-state index is 13.7. The predicted octanol–water partition coefficient (Wildman–Crippen LogP) is 2.98. The zero-order chi connectivity index (χ0) is 15.0. The number of aromatic carboxylic acids is 1. The third-order valence-corrected chi connectivity index (χ3v) is 3.56. The van der Waals surface area contributed by atoms with E-state index >= 15 is 0 Å². The summed E-state index contributed by atoms with van der Waals surface area (Å²) in [5.41, 5.74) is 6.19. The molecule has 0 fully saturated rings. The maximum atomic E-state index is 13.7. The summed E-state index contributed by atoms with van der Waals surface area (Å²) in [4.78, 5) is 12.7. The molecule has 1 atom stereocenters. The van der Waals surface area contributed by atoms with Crippen molar-refractivity contribution < 1.29 is 14.3 Å². The Morgan fingerprint density at radius 1 is 1.42 bits per heavy atom. The SMILES string of the molecule is CC(N(C)c1cc(F)c(C(=O)O)cc1N)C(C)(C)C. The van der Waals surface area contributed by atoms with Crippen LogP contribution in [0.2, 0.25) is 0 Å².